The van der Waals surface area contributed by atoms with E-state index in [1.807, 2.05) is 25.2 Å². The van der Waals surface area contributed by atoms with E-state index < -0.39 is 0 Å². The van der Waals surface area contributed by atoms with Gasteiger partial charge in [0.2, 0.25) is 0 Å². The van der Waals surface area contributed by atoms with Crippen LogP contribution in [0.4, 0.5) is 0 Å². The van der Waals surface area contributed by atoms with Gasteiger partial charge in [-0.15, -0.1) is 24.0 Å². The molecular weight excluding hydrogens is 421 g/mol. The van der Waals surface area contributed by atoms with Crippen molar-refractivity contribution >= 4 is 29.9 Å². The summed E-state index contributed by atoms with van der Waals surface area (Å²) in [7, 11) is 7.12. The van der Waals surface area contributed by atoms with Crippen LogP contribution in [0.2, 0.25) is 0 Å². The second-order valence-corrected chi connectivity index (χ2v) is 5.60. The topological polar surface area (TPSA) is 55.3 Å². The van der Waals surface area contributed by atoms with Crippen molar-refractivity contribution in [1.82, 2.24) is 10.2 Å². The highest BCUT2D eigenvalue weighted by Gasteiger charge is 2.17. The van der Waals surface area contributed by atoms with Crippen LogP contribution in [0.5, 0.6) is 11.5 Å². The predicted octanol–water partition coefficient (Wildman–Crippen LogP) is 2.51. The fourth-order valence-electron chi connectivity index (χ4n) is 2.71. The lowest BCUT2D eigenvalue weighted by Gasteiger charge is -2.24. The highest BCUT2D eigenvalue weighted by molar-refractivity contribution is 14.0. The summed E-state index contributed by atoms with van der Waals surface area (Å²) in [4.78, 5) is 6.41. The lowest BCUT2D eigenvalue weighted by atomic mass is 10.2. The summed E-state index contributed by atoms with van der Waals surface area (Å²) in [5.74, 6) is 2.44. The van der Waals surface area contributed by atoms with E-state index >= 15 is 0 Å². The summed E-state index contributed by atoms with van der Waals surface area (Å²) in [5.41, 5.74) is 1.08. The number of nitrogens with one attached hydrogen (secondary N) is 1. The molecule has 7 heteroatoms. The average Bonchev–Trinajstić information content (AvgIpc) is 3.09. The quantitative estimate of drug-likeness (QED) is 0.411. The number of guanidine groups is 1. The molecule has 0 spiro atoms. The van der Waals surface area contributed by atoms with Crippen LogP contribution in [-0.2, 0) is 11.3 Å². The lowest BCUT2D eigenvalue weighted by Crippen LogP contribution is -2.41. The van der Waals surface area contributed by atoms with Crippen LogP contribution in [0, 0.1) is 0 Å². The van der Waals surface area contributed by atoms with Gasteiger partial charge in [-0.2, -0.15) is 0 Å². The number of halogens is 1. The minimum Gasteiger partial charge on any atom is -0.497 e. The number of benzene rings is 1. The van der Waals surface area contributed by atoms with Crippen molar-refractivity contribution in [3.8, 4) is 11.5 Å². The van der Waals surface area contributed by atoms with Crippen LogP contribution in [-0.4, -0.2) is 58.4 Å². The second-order valence-electron chi connectivity index (χ2n) is 5.60. The molecule has 2 rings (SSSR count). The third-order valence-electron chi connectivity index (χ3n) is 3.99. The van der Waals surface area contributed by atoms with Crippen molar-refractivity contribution < 1.29 is 14.2 Å². The van der Waals surface area contributed by atoms with Gasteiger partial charge < -0.3 is 24.4 Å². The second kappa shape index (κ2) is 10.6. The molecule has 0 aliphatic carbocycles. The smallest absolute Gasteiger partial charge is 0.193 e. The highest BCUT2D eigenvalue weighted by Crippen LogP contribution is 2.25. The van der Waals surface area contributed by atoms with Crippen LogP contribution < -0.4 is 14.8 Å². The number of methoxy groups -OCH3 is 2. The maximum absolute atomic E-state index is 5.64. The van der Waals surface area contributed by atoms with E-state index in [1.54, 1.807) is 21.3 Å². The van der Waals surface area contributed by atoms with Crippen molar-refractivity contribution in [3.63, 3.8) is 0 Å². The van der Waals surface area contributed by atoms with Crippen LogP contribution in [0.1, 0.15) is 18.4 Å². The van der Waals surface area contributed by atoms with Gasteiger partial charge in [-0.3, -0.25) is 4.99 Å². The molecule has 0 aromatic heterocycles. The Balaban J connectivity index is 0.00000288. The average molecular weight is 449 g/mol. The van der Waals surface area contributed by atoms with Gasteiger partial charge in [0.1, 0.15) is 11.5 Å². The van der Waals surface area contributed by atoms with Crippen molar-refractivity contribution in [2.45, 2.75) is 25.5 Å². The molecule has 1 unspecified atom stereocenters. The zero-order valence-corrected chi connectivity index (χ0v) is 17.2. The third-order valence-corrected chi connectivity index (χ3v) is 3.99. The lowest BCUT2D eigenvalue weighted by molar-refractivity contribution is 0.113. The summed E-state index contributed by atoms with van der Waals surface area (Å²) < 4.78 is 16.3. The molecule has 1 atom stereocenters. The molecule has 0 amide bonds. The van der Waals surface area contributed by atoms with E-state index in [9.17, 15) is 0 Å². The largest absolute Gasteiger partial charge is 0.497 e. The van der Waals surface area contributed by atoms with Gasteiger partial charge in [0.15, 0.2) is 5.96 Å². The summed E-state index contributed by atoms with van der Waals surface area (Å²) in [6.07, 6.45) is 2.54. The summed E-state index contributed by atoms with van der Waals surface area (Å²) in [6, 6.07) is 5.85. The number of aliphatic imine (C=N–C) groups is 1. The zero-order valence-electron chi connectivity index (χ0n) is 14.9. The number of rotatable bonds is 6. The molecule has 1 N–H and O–H groups in total. The Morgan fingerprint density at radius 3 is 2.75 bits per heavy atom. The molecule has 0 radical (unpaired) electrons. The Morgan fingerprint density at radius 2 is 2.17 bits per heavy atom. The van der Waals surface area contributed by atoms with E-state index in [0.29, 0.717) is 6.54 Å². The normalized spacial score (nSPS) is 17.2. The van der Waals surface area contributed by atoms with Crippen LogP contribution in [0.3, 0.4) is 0 Å². The van der Waals surface area contributed by atoms with Gasteiger partial charge in [-0.05, 0) is 25.0 Å². The summed E-state index contributed by atoms with van der Waals surface area (Å²) >= 11 is 0. The van der Waals surface area contributed by atoms with Gasteiger partial charge in [-0.25, -0.2) is 0 Å². The molecule has 0 bridgehead atoms. The molecule has 1 aromatic carbocycles. The van der Waals surface area contributed by atoms with E-state index in [4.69, 9.17) is 14.2 Å². The standard InChI is InChI=1S/C17H27N3O3.HI/c1-18-17(19-11-15-6-5-9-23-15)20(2)12-13-7-8-14(21-3)10-16(13)22-4;/h7-8,10,15H,5-6,9,11-12H2,1-4H3,(H,18,19);1H. The Labute approximate surface area is 161 Å². The molecule has 1 saturated heterocycles. The van der Waals surface area contributed by atoms with E-state index in [-0.39, 0.29) is 30.1 Å². The molecule has 1 fully saturated rings. The molecule has 0 saturated carbocycles. The summed E-state index contributed by atoms with van der Waals surface area (Å²) in [6.45, 7) is 2.35. The Bertz CT molecular complexity index is 534. The number of hydrogen-bond acceptors (Lipinski definition) is 4. The molecule has 1 aliphatic heterocycles. The van der Waals surface area contributed by atoms with E-state index in [2.05, 4.69) is 15.2 Å². The minimum absolute atomic E-state index is 0. The molecule has 1 aromatic rings. The SMILES string of the molecule is CN=C(NCC1CCCO1)N(C)Cc1ccc(OC)cc1OC.I. The van der Waals surface area contributed by atoms with Crippen LogP contribution >= 0.6 is 24.0 Å². The van der Waals surface area contributed by atoms with Crippen LogP contribution in [0.15, 0.2) is 23.2 Å². The Kier molecular flexibility index (Phi) is 9.20. The number of hydrogen-bond donors (Lipinski definition) is 1. The maximum Gasteiger partial charge on any atom is 0.193 e. The van der Waals surface area contributed by atoms with Crippen molar-refractivity contribution in [2.24, 2.45) is 4.99 Å². The fraction of sp³-hybridized carbons (Fsp3) is 0.588. The Morgan fingerprint density at radius 1 is 1.38 bits per heavy atom. The minimum atomic E-state index is 0. The van der Waals surface area contributed by atoms with Gasteiger partial charge in [0.25, 0.3) is 0 Å². The predicted molar refractivity (Wildman–Crippen MR) is 107 cm³/mol. The first-order valence-corrected chi connectivity index (χ1v) is 7.92. The zero-order chi connectivity index (χ0) is 16.7. The molecular formula is C17H28IN3O3. The fourth-order valence-corrected chi connectivity index (χ4v) is 2.71. The number of ether oxygens (including phenoxy) is 3. The first-order valence-electron chi connectivity index (χ1n) is 7.92. The maximum atomic E-state index is 5.64. The van der Waals surface area contributed by atoms with Gasteiger partial charge in [0.05, 0.1) is 20.3 Å². The van der Waals surface area contributed by atoms with Gasteiger partial charge in [0, 0.05) is 45.4 Å². The van der Waals surface area contributed by atoms with Crippen LogP contribution in [0.25, 0.3) is 0 Å². The van der Waals surface area contributed by atoms with Crippen molar-refractivity contribution in [1.29, 1.82) is 0 Å². The molecule has 136 valence electrons. The van der Waals surface area contributed by atoms with Gasteiger partial charge in [-0.1, -0.05) is 0 Å². The molecule has 1 aliphatic rings. The first-order chi connectivity index (χ1) is 11.2. The monoisotopic (exact) mass is 449 g/mol. The first kappa shape index (κ1) is 20.8. The molecule has 6 nitrogen and oxygen atoms in total. The third kappa shape index (κ3) is 5.70. The Hall–Kier alpha value is -1.22. The molecule has 1 heterocycles. The summed E-state index contributed by atoms with van der Waals surface area (Å²) in [5, 5.41) is 3.38. The van der Waals surface area contributed by atoms with Crippen molar-refractivity contribution in [2.75, 3.05) is 41.5 Å². The van der Waals surface area contributed by atoms with E-state index in [1.165, 1.54) is 0 Å². The van der Waals surface area contributed by atoms with E-state index in [0.717, 1.165) is 49.0 Å². The van der Waals surface area contributed by atoms with Gasteiger partial charge >= 0.3 is 0 Å². The highest BCUT2D eigenvalue weighted by atomic mass is 127. The van der Waals surface area contributed by atoms with Crippen molar-refractivity contribution in [3.05, 3.63) is 23.8 Å². The molecule has 24 heavy (non-hydrogen) atoms. The number of nitrogens with zero attached hydrogens (tertiary/aromatic N) is 2.